The standard InChI is InChI=1S/C11H16BrN3O2/c1-3-4-9(13-2)6-10-11(15(16)17)5-8(12)7-14-10/h5,7,9,13H,3-4,6H2,1-2H3. The molecule has 0 aliphatic carbocycles. The normalized spacial score (nSPS) is 12.4. The number of aromatic nitrogens is 1. The molecule has 0 spiro atoms. The predicted molar refractivity (Wildman–Crippen MR) is 70.1 cm³/mol. The molecule has 1 aromatic rings. The first kappa shape index (κ1) is 14.1. The van der Waals surface area contributed by atoms with Crippen LogP contribution in [0.4, 0.5) is 5.69 Å². The van der Waals surface area contributed by atoms with Crippen LogP contribution in [0.3, 0.4) is 0 Å². The Hall–Kier alpha value is -1.01. The van der Waals surface area contributed by atoms with Crippen molar-refractivity contribution in [1.29, 1.82) is 0 Å². The molecule has 17 heavy (non-hydrogen) atoms. The highest BCUT2D eigenvalue weighted by Crippen LogP contribution is 2.22. The van der Waals surface area contributed by atoms with Crippen LogP contribution in [-0.2, 0) is 6.42 Å². The summed E-state index contributed by atoms with van der Waals surface area (Å²) in [5.41, 5.74) is 0.613. The van der Waals surface area contributed by atoms with Crippen LogP contribution in [0.15, 0.2) is 16.7 Å². The number of rotatable bonds is 6. The molecular weight excluding hydrogens is 286 g/mol. The minimum absolute atomic E-state index is 0.0794. The van der Waals surface area contributed by atoms with E-state index in [-0.39, 0.29) is 16.7 Å². The summed E-state index contributed by atoms with van der Waals surface area (Å²) in [6.07, 6.45) is 4.19. The molecule has 0 fully saturated rings. The van der Waals surface area contributed by atoms with Gasteiger partial charge in [0.1, 0.15) is 5.69 Å². The maximum atomic E-state index is 10.9. The summed E-state index contributed by atoms with van der Waals surface area (Å²) in [5.74, 6) is 0. The second kappa shape index (κ2) is 6.66. The fraction of sp³-hybridized carbons (Fsp3) is 0.545. The molecule has 1 heterocycles. The highest BCUT2D eigenvalue weighted by molar-refractivity contribution is 9.10. The number of nitrogens with zero attached hydrogens (tertiary/aromatic N) is 2. The van der Waals surface area contributed by atoms with Gasteiger partial charge >= 0.3 is 0 Å². The van der Waals surface area contributed by atoms with Crippen molar-refractivity contribution in [3.05, 3.63) is 32.5 Å². The number of hydrogen-bond acceptors (Lipinski definition) is 4. The van der Waals surface area contributed by atoms with Crippen LogP contribution >= 0.6 is 15.9 Å². The van der Waals surface area contributed by atoms with Crippen molar-refractivity contribution >= 4 is 21.6 Å². The highest BCUT2D eigenvalue weighted by atomic mass is 79.9. The Bertz CT molecular complexity index is 398. The van der Waals surface area contributed by atoms with E-state index in [0.717, 1.165) is 12.8 Å². The van der Waals surface area contributed by atoms with E-state index in [4.69, 9.17) is 0 Å². The van der Waals surface area contributed by atoms with E-state index in [2.05, 4.69) is 33.2 Å². The molecule has 0 aromatic carbocycles. The number of likely N-dealkylation sites (N-methyl/N-ethyl adjacent to an activating group) is 1. The Morgan fingerprint density at radius 1 is 1.65 bits per heavy atom. The molecule has 1 unspecified atom stereocenters. The molecule has 0 aliphatic rings. The van der Waals surface area contributed by atoms with Gasteiger partial charge in [-0.25, -0.2) is 0 Å². The lowest BCUT2D eigenvalue weighted by Gasteiger charge is -2.14. The molecule has 0 radical (unpaired) electrons. The topological polar surface area (TPSA) is 68.1 Å². The van der Waals surface area contributed by atoms with Crippen LogP contribution in [-0.4, -0.2) is 23.0 Å². The molecule has 0 amide bonds. The molecule has 1 rings (SSSR count). The smallest absolute Gasteiger partial charge is 0.291 e. The van der Waals surface area contributed by atoms with Gasteiger partial charge in [-0.05, 0) is 29.4 Å². The van der Waals surface area contributed by atoms with Crippen molar-refractivity contribution in [2.75, 3.05) is 7.05 Å². The molecule has 0 saturated carbocycles. The first-order valence-corrected chi connectivity index (χ1v) is 6.33. The quantitative estimate of drug-likeness (QED) is 0.648. The summed E-state index contributed by atoms with van der Waals surface area (Å²) in [4.78, 5) is 14.7. The molecule has 0 saturated heterocycles. The summed E-state index contributed by atoms with van der Waals surface area (Å²) in [5, 5.41) is 14.1. The van der Waals surface area contributed by atoms with E-state index in [9.17, 15) is 10.1 Å². The molecule has 1 atom stereocenters. The van der Waals surface area contributed by atoms with Gasteiger partial charge in [0.05, 0.1) is 4.92 Å². The van der Waals surface area contributed by atoms with Crippen molar-refractivity contribution in [1.82, 2.24) is 10.3 Å². The van der Waals surface area contributed by atoms with Crippen molar-refractivity contribution in [2.45, 2.75) is 32.2 Å². The first-order valence-electron chi connectivity index (χ1n) is 5.54. The van der Waals surface area contributed by atoms with E-state index >= 15 is 0 Å². The average molecular weight is 302 g/mol. The zero-order valence-electron chi connectivity index (χ0n) is 9.94. The molecule has 1 aromatic heterocycles. The van der Waals surface area contributed by atoms with Gasteiger partial charge in [-0.2, -0.15) is 0 Å². The van der Waals surface area contributed by atoms with E-state index in [1.54, 1.807) is 6.20 Å². The van der Waals surface area contributed by atoms with Gasteiger partial charge in [-0.3, -0.25) is 15.1 Å². The Morgan fingerprint density at radius 2 is 2.35 bits per heavy atom. The lowest BCUT2D eigenvalue weighted by atomic mass is 10.1. The van der Waals surface area contributed by atoms with Gasteiger partial charge in [0.2, 0.25) is 0 Å². The lowest BCUT2D eigenvalue weighted by Crippen LogP contribution is -2.28. The van der Waals surface area contributed by atoms with E-state index < -0.39 is 0 Å². The van der Waals surface area contributed by atoms with E-state index in [1.165, 1.54) is 6.07 Å². The third-order valence-electron chi connectivity index (χ3n) is 2.60. The van der Waals surface area contributed by atoms with Crippen LogP contribution in [0, 0.1) is 10.1 Å². The SMILES string of the molecule is CCCC(Cc1ncc(Br)cc1[N+](=O)[O-])NC. The highest BCUT2D eigenvalue weighted by Gasteiger charge is 2.18. The largest absolute Gasteiger partial charge is 0.317 e. The molecule has 5 nitrogen and oxygen atoms in total. The predicted octanol–water partition coefficient (Wildman–Crippen LogP) is 2.68. The first-order chi connectivity index (χ1) is 8.08. The number of hydrogen-bond donors (Lipinski definition) is 1. The number of halogens is 1. The Labute approximate surface area is 109 Å². The van der Waals surface area contributed by atoms with Crippen LogP contribution in [0.5, 0.6) is 0 Å². The monoisotopic (exact) mass is 301 g/mol. The van der Waals surface area contributed by atoms with Crippen LogP contribution in [0.25, 0.3) is 0 Å². The molecular formula is C11H16BrN3O2. The summed E-state index contributed by atoms with van der Waals surface area (Å²) in [7, 11) is 1.87. The second-order valence-electron chi connectivity index (χ2n) is 3.85. The van der Waals surface area contributed by atoms with Gasteiger partial charge in [0.25, 0.3) is 5.69 Å². The third-order valence-corrected chi connectivity index (χ3v) is 3.03. The van der Waals surface area contributed by atoms with Gasteiger partial charge in [0.15, 0.2) is 0 Å². The van der Waals surface area contributed by atoms with Crippen molar-refractivity contribution in [3.63, 3.8) is 0 Å². The van der Waals surface area contributed by atoms with Crippen LogP contribution < -0.4 is 5.32 Å². The van der Waals surface area contributed by atoms with Crippen LogP contribution in [0.2, 0.25) is 0 Å². The van der Waals surface area contributed by atoms with Crippen molar-refractivity contribution in [3.8, 4) is 0 Å². The molecule has 0 bridgehead atoms. The van der Waals surface area contributed by atoms with Gasteiger partial charge in [0, 0.05) is 29.2 Å². The summed E-state index contributed by atoms with van der Waals surface area (Å²) in [6, 6.07) is 1.73. The minimum atomic E-state index is -0.383. The Kier molecular flexibility index (Phi) is 5.50. The fourth-order valence-corrected chi connectivity index (χ4v) is 2.02. The lowest BCUT2D eigenvalue weighted by molar-refractivity contribution is -0.386. The zero-order valence-corrected chi connectivity index (χ0v) is 11.5. The number of nitrogens with one attached hydrogen (secondary N) is 1. The Morgan fingerprint density at radius 3 is 2.88 bits per heavy atom. The van der Waals surface area contributed by atoms with Gasteiger partial charge < -0.3 is 5.32 Å². The molecule has 6 heteroatoms. The van der Waals surface area contributed by atoms with Crippen molar-refractivity contribution in [2.24, 2.45) is 0 Å². The maximum absolute atomic E-state index is 10.9. The van der Waals surface area contributed by atoms with E-state index in [1.807, 2.05) is 7.05 Å². The summed E-state index contributed by atoms with van der Waals surface area (Å²) < 4.78 is 0.629. The molecule has 0 aliphatic heterocycles. The number of nitro groups is 1. The average Bonchev–Trinajstić information content (AvgIpc) is 2.30. The zero-order chi connectivity index (χ0) is 12.8. The van der Waals surface area contributed by atoms with Gasteiger partial charge in [-0.1, -0.05) is 13.3 Å². The molecule has 94 valence electrons. The van der Waals surface area contributed by atoms with Crippen molar-refractivity contribution < 1.29 is 4.92 Å². The molecule has 1 N–H and O–H groups in total. The van der Waals surface area contributed by atoms with Gasteiger partial charge in [-0.15, -0.1) is 0 Å². The summed E-state index contributed by atoms with van der Waals surface area (Å²) in [6.45, 7) is 2.09. The second-order valence-corrected chi connectivity index (χ2v) is 4.77. The maximum Gasteiger partial charge on any atom is 0.291 e. The fourth-order valence-electron chi connectivity index (χ4n) is 1.70. The minimum Gasteiger partial charge on any atom is -0.317 e. The third kappa shape index (κ3) is 4.05. The van der Waals surface area contributed by atoms with Crippen LogP contribution in [0.1, 0.15) is 25.5 Å². The Balaban J connectivity index is 2.92. The summed E-state index contributed by atoms with van der Waals surface area (Å²) >= 11 is 3.20. The van der Waals surface area contributed by atoms with E-state index in [0.29, 0.717) is 16.6 Å². The number of pyridine rings is 1.